The Balaban J connectivity index is -0.000000882. The third-order valence-electron chi connectivity index (χ3n) is 4.16. The summed E-state index contributed by atoms with van der Waals surface area (Å²) >= 11 is 0. The molecular weight excluding hydrogens is 511 g/mol. The van der Waals surface area contributed by atoms with Gasteiger partial charge >= 0.3 is 0 Å². The fraction of sp³-hybridized carbons (Fsp3) is 0.444. The molecule has 4 radical (unpaired) electrons. The van der Waals surface area contributed by atoms with Crippen LogP contribution in [0.5, 0.6) is 0 Å². The minimum atomic E-state index is -0.102. The molecule has 24 heavy (non-hydrogen) atoms. The summed E-state index contributed by atoms with van der Waals surface area (Å²) in [7, 11) is -0.102. The first-order valence-corrected chi connectivity index (χ1v) is 8.81. The summed E-state index contributed by atoms with van der Waals surface area (Å²) in [4.78, 5) is 0. The van der Waals surface area contributed by atoms with Crippen LogP contribution >= 0.6 is 7.92 Å². The van der Waals surface area contributed by atoms with E-state index in [2.05, 4.69) is 58.0 Å². The SMILES string of the molecule is CC(C)P(c1ccc2c3c(cc[c]c13)CC2)C(C)C.[Cl-].[Cl-].[Cl-].[Cl-].[Sb]. The number of benzene rings is 2. The maximum absolute atomic E-state index is 3.55. The summed E-state index contributed by atoms with van der Waals surface area (Å²) < 4.78 is 0. The molecule has 2 aromatic carbocycles. The molecule has 0 saturated heterocycles. The van der Waals surface area contributed by atoms with Crippen LogP contribution in [0.4, 0.5) is 0 Å². The van der Waals surface area contributed by atoms with Gasteiger partial charge in [-0.2, -0.15) is 0 Å². The molecule has 2 aromatic rings. The van der Waals surface area contributed by atoms with Crippen LogP contribution in [-0.4, -0.2) is 35.7 Å². The Labute approximate surface area is 190 Å². The third kappa shape index (κ3) is 5.55. The van der Waals surface area contributed by atoms with E-state index in [0.29, 0.717) is 0 Å². The molecule has 0 nitrogen and oxygen atoms in total. The molecule has 0 fully saturated rings. The van der Waals surface area contributed by atoms with Gasteiger partial charge in [0, 0.05) is 24.4 Å². The molecule has 0 atom stereocenters. The average Bonchev–Trinajstić information content (AvgIpc) is 2.77. The Morgan fingerprint density at radius 3 is 1.83 bits per heavy atom. The molecule has 0 saturated carbocycles. The Morgan fingerprint density at radius 2 is 1.33 bits per heavy atom. The first-order chi connectivity index (χ1) is 9.09. The normalized spacial score (nSPS) is 11.3. The molecule has 6 heteroatoms. The van der Waals surface area contributed by atoms with Gasteiger partial charge in [0.25, 0.3) is 0 Å². The molecule has 0 N–H and O–H groups in total. The van der Waals surface area contributed by atoms with E-state index >= 15 is 0 Å². The first-order valence-electron chi connectivity index (χ1n) is 7.33. The second-order valence-electron chi connectivity index (χ2n) is 6.09. The van der Waals surface area contributed by atoms with Crippen LogP contribution in [0.15, 0.2) is 24.3 Å². The predicted molar refractivity (Wildman–Crippen MR) is 92.8 cm³/mol. The summed E-state index contributed by atoms with van der Waals surface area (Å²) in [5, 5.41) is 4.51. The van der Waals surface area contributed by atoms with Crippen molar-refractivity contribution in [2.45, 2.75) is 51.9 Å². The van der Waals surface area contributed by atoms with E-state index in [4.69, 9.17) is 0 Å². The largest absolute Gasteiger partial charge is 1.00 e. The van der Waals surface area contributed by atoms with Crippen LogP contribution < -0.4 is 54.9 Å². The van der Waals surface area contributed by atoms with Gasteiger partial charge in [0.05, 0.1) is 0 Å². The molecule has 1 aliphatic carbocycles. The predicted octanol–water partition coefficient (Wildman–Crippen LogP) is -7.70. The third-order valence-corrected chi connectivity index (χ3v) is 7.31. The summed E-state index contributed by atoms with van der Waals surface area (Å²) in [5.74, 6) is 0. The van der Waals surface area contributed by atoms with Gasteiger partial charge in [-0.05, 0) is 57.4 Å². The minimum absolute atomic E-state index is 0. The van der Waals surface area contributed by atoms with Gasteiger partial charge in [-0.15, -0.1) is 0 Å². The summed E-state index contributed by atoms with van der Waals surface area (Å²) in [6.45, 7) is 9.48. The molecule has 0 aliphatic heterocycles. The molecule has 0 spiro atoms. The number of halogens is 4. The topological polar surface area (TPSA) is 0 Å². The zero-order valence-corrected chi connectivity index (χ0v) is 20.8. The van der Waals surface area contributed by atoms with Crippen molar-refractivity contribution in [1.82, 2.24) is 0 Å². The van der Waals surface area contributed by atoms with Gasteiger partial charge in [0.1, 0.15) is 0 Å². The van der Waals surface area contributed by atoms with Crippen molar-refractivity contribution in [2.75, 3.05) is 0 Å². The fourth-order valence-electron chi connectivity index (χ4n) is 3.51. The Morgan fingerprint density at radius 1 is 0.833 bits per heavy atom. The number of hydrogen-bond donors (Lipinski definition) is 0. The Hall–Kier alpha value is 1.11. The van der Waals surface area contributed by atoms with Gasteiger partial charge in [0.15, 0.2) is 0 Å². The van der Waals surface area contributed by atoms with Crippen molar-refractivity contribution in [3.8, 4) is 0 Å². The van der Waals surface area contributed by atoms with E-state index in [1.165, 1.54) is 34.7 Å². The summed E-state index contributed by atoms with van der Waals surface area (Å²) in [5.41, 5.74) is 4.55. The van der Waals surface area contributed by atoms with Crippen LogP contribution in [0.1, 0.15) is 38.8 Å². The van der Waals surface area contributed by atoms with Crippen molar-refractivity contribution in [3.05, 3.63) is 41.5 Å². The second kappa shape index (κ2) is 12.5. The second-order valence-corrected chi connectivity index (χ2v) is 9.45. The maximum atomic E-state index is 3.55. The molecule has 0 aromatic heterocycles. The molecule has 136 valence electrons. The van der Waals surface area contributed by atoms with Gasteiger partial charge < -0.3 is 49.6 Å². The van der Waals surface area contributed by atoms with E-state index in [-0.39, 0.29) is 82.0 Å². The van der Waals surface area contributed by atoms with Crippen molar-refractivity contribution in [1.29, 1.82) is 0 Å². The Kier molecular flexibility index (Phi) is 15.5. The molecule has 3 rings (SSSR count). The molecule has 0 unspecified atom stereocenters. The maximum Gasteiger partial charge on any atom is 0 e. The monoisotopic (exact) mass is 530 g/mol. The quantitative estimate of drug-likeness (QED) is 0.272. The first kappa shape index (κ1) is 29.9. The van der Waals surface area contributed by atoms with Crippen LogP contribution in [0, 0.1) is 6.07 Å². The van der Waals surface area contributed by atoms with Crippen LogP contribution in [0.25, 0.3) is 10.8 Å². The van der Waals surface area contributed by atoms with Crippen LogP contribution in [0.2, 0.25) is 0 Å². The van der Waals surface area contributed by atoms with E-state index in [9.17, 15) is 0 Å². The zero-order chi connectivity index (χ0) is 13.6. The van der Waals surface area contributed by atoms with Crippen molar-refractivity contribution < 1.29 is 49.6 Å². The van der Waals surface area contributed by atoms with Gasteiger partial charge in [-0.1, -0.05) is 59.9 Å². The van der Waals surface area contributed by atoms with Crippen molar-refractivity contribution in [3.63, 3.8) is 0 Å². The molecule has 0 bridgehead atoms. The van der Waals surface area contributed by atoms with Gasteiger partial charge in [-0.25, -0.2) is 0 Å². The number of aryl methyl sites for hydroxylation is 2. The molecule has 0 amide bonds. The smallest absolute Gasteiger partial charge is 0 e. The molecule has 0 heterocycles. The standard InChI is InChI=1S/C18H22P.4ClH.Sb/c1-12(2)19(13(3)4)17-11-10-15-9-8-14-6-5-7-16(17)18(14)15;;;;;/h5-6,10-13H,8-9H2,1-4H3;4*1H;/p-4. The minimum Gasteiger partial charge on any atom is -1.00 e. The van der Waals surface area contributed by atoms with E-state index in [1.54, 1.807) is 5.30 Å². The number of hydrogen-bond acceptors (Lipinski definition) is 0. The average molecular weight is 533 g/mol. The van der Waals surface area contributed by atoms with Crippen LogP contribution in [0.3, 0.4) is 0 Å². The van der Waals surface area contributed by atoms with E-state index in [0.717, 1.165) is 11.3 Å². The van der Waals surface area contributed by atoms with E-state index in [1.807, 2.05) is 0 Å². The number of rotatable bonds is 3. The summed E-state index contributed by atoms with van der Waals surface area (Å²) in [6.07, 6.45) is 2.43. The zero-order valence-electron chi connectivity index (χ0n) is 14.3. The van der Waals surface area contributed by atoms with Crippen molar-refractivity contribution in [2.24, 2.45) is 0 Å². The fourth-order valence-corrected chi connectivity index (χ4v) is 6.50. The van der Waals surface area contributed by atoms with E-state index < -0.39 is 0 Å². The molecule has 1 aliphatic rings. The molecular formula is C18H22Cl4PSb-4. The van der Waals surface area contributed by atoms with Gasteiger partial charge in [-0.3, -0.25) is 0 Å². The van der Waals surface area contributed by atoms with Crippen LogP contribution in [-0.2, 0) is 12.8 Å². The summed E-state index contributed by atoms with van der Waals surface area (Å²) in [6, 6.07) is 12.7. The Bertz CT molecular complexity index is 613. The van der Waals surface area contributed by atoms with Crippen molar-refractivity contribution >= 4 is 48.4 Å². The van der Waals surface area contributed by atoms with Gasteiger partial charge in [0.2, 0.25) is 0 Å².